The number of nitriles is 1. The van der Waals surface area contributed by atoms with Crippen molar-refractivity contribution >= 4 is 5.82 Å². The van der Waals surface area contributed by atoms with Gasteiger partial charge in [0.1, 0.15) is 5.82 Å². The van der Waals surface area contributed by atoms with Crippen molar-refractivity contribution in [3.8, 4) is 6.07 Å². The summed E-state index contributed by atoms with van der Waals surface area (Å²) in [6, 6.07) is 7.39. The van der Waals surface area contributed by atoms with Crippen LogP contribution in [0.2, 0.25) is 0 Å². The highest BCUT2D eigenvalue weighted by Gasteiger charge is 2.03. The van der Waals surface area contributed by atoms with Crippen LogP contribution in [0.4, 0.5) is 5.82 Å². The van der Waals surface area contributed by atoms with Crippen LogP contribution in [0.1, 0.15) is 22.7 Å². The molecule has 0 aliphatic rings. The predicted molar refractivity (Wildman–Crippen MR) is 62.3 cm³/mol. The van der Waals surface area contributed by atoms with Crippen molar-refractivity contribution in [1.29, 1.82) is 5.26 Å². The second-order valence-corrected chi connectivity index (χ2v) is 3.78. The number of nitrogens with one attached hydrogen (secondary N) is 1. The van der Waals surface area contributed by atoms with E-state index in [4.69, 9.17) is 9.78 Å². The summed E-state index contributed by atoms with van der Waals surface area (Å²) in [4.78, 5) is 4.28. The van der Waals surface area contributed by atoms with Crippen LogP contribution in [0.3, 0.4) is 0 Å². The van der Waals surface area contributed by atoms with Crippen LogP contribution in [0.15, 0.2) is 22.7 Å². The second-order valence-electron chi connectivity index (χ2n) is 3.78. The summed E-state index contributed by atoms with van der Waals surface area (Å²) < 4.78 is 5.07. The minimum absolute atomic E-state index is 0.502. The molecule has 0 fully saturated rings. The quantitative estimate of drug-likeness (QED) is 0.871. The molecule has 0 atom stereocenters. The molecule has 0 bridgehead atoms. The molecule has 2 aromatic rings. The molecule has 2 heterocycles. The van der Waals surface area contributed by atoms with E-state index in [-0.39, 0.29) is 0 Å². The zero-order chi connectivity index (χ0) is 12.3. The summed E-state index contributed by atoms with van der Waals surface area (Å²) in [7, 11) is 0. The third kappa shape index (κ3) is 2.82. The topological polar surface area (TPSA) is 74.7 Å². The van der Waals surface area contributed by atoms with Gasteiger partial charge >= 0.3 is 0 Å². The number of pyridine rings is 1. The van der Waals surface area contributed by atoms with E-state index in [1.54, 1.807) is 12.1 Å². The van der Waals surface area contributed by atoms with Crippen molar-refractivity contribution in [2.24, 2.45) is 0 Å². The van der Waals surface area contributed by atoms with E-state index >= 15 is 0 Å². The fraction of sp³-hybridized carbons (Fsp3) is 0.250. The van der Waals surface area contributed by atoms with Crippen LogP contribution in [0.25, 0.3) is 0 Å². The first-order chi connectivity index (χ1) is 8.17. The maximum atomic E-state index is 8.84. The van der Waals surface area contributed by atoms with E-state index in [9.17, 15) is 0 Å². The largest absolute Gasteiger partial charge is 0.363 e. The Hall–Kier alpha value is -2.35. The molecule has 0 aliphatic heterocycles. The smallest absolute Gasteiger partial charge is 0.156 e. The van der Waals surface area contributed by atoms with Gasteiger partial charge in [-0.15, -0.1) is 0 Å². The van der Waals surface area contributed by atoms with E-state index < -0.39 is 0 Å². The number of nitrogens with zero attached hydrogens (tertiary/aromatic N) is 3. The Labute approximate surface area is 99.1 Å². The van der Waals surface area contributed by atoms with Crippen molar-refractivity contribution in [3.05, 3.63) is 40.9 Å². The van der Waals surface area contributed by atoms with Crippen LogP contribution in [0.5, 0.6) is 0 Å². The Morgan fingerprint density at radius 1 is 1.29 bits per heavy atom. The molecule has 0 radical (unpaired) electrons. The van der Waals surface area contributed by atoms with Gasteiger partial charge < -0.3 is 9.84 Å². The van der Waals surface area contributed by atoms with Crippen LogP contribution in [0, 0.1) is 25.2 Å². The summed E-state index contributed by atoms with van der Waals surface area (Å²) >= 11 is 0. The van der Waals surface area contributed by atoms with Gasteiger partial charge in [-0.1, -0.05) is 5.16 Å². The summed E-state index contributed by atoms with van der Waals surface area (Å²) in [6.07, 6.45) is 0. The number of hydrogen-bond acceptors (Lipinski definition) is 5. The number of anilines is 1. The maximum absolute atomic E-state index is 8.84. The molecule has 0 aliphatic carbocycles. The van der Waals surface area contributed by atoms with Crippen LogP contribution in [-0.2, 0) is 6.54 Å². The molecule has 0 amide bonds. The van der Waals surface area contributed by atoms with Gasteiger partial charge in [0.15, 0.2) is 5.76 Å². The highest BCUT2D eigenvalue weighted by atomic mass is 16.5. The average Bonchev–Trinajstić information content (AvgIpc) is 2.72. The Kier molecular flexibility index (Phi) is 3.06. The lowest BCUT2D eigenvalue weighted by molar-refractivity contribution is 0.384. The molecule has 86 valence electrons. The minimum atomic E-state index is 0.502. The lowest BCUT2D eigenvalue weighted by Gasteiger charge is -2.04. The molecule has 0 spiro atoms. The van der Waals surface area contributed by atoms with Crippen LogP contribution < -0.4 is 5.32 Å². The van der Waals surface area contributed by atoms with Crippen molar-refractivity contribution in [2.75, 3.05) is 5.32 Å². The number of aromatic nitrogens is 2. The first-order valence-corrected chi connectivity index (χ1v) is 5.22. The summed E-state index contributed by atoms with van der Waals surface area (Å²) in [5, 5.41) is 15.7. The molecule has 17 heavy (non-hydrogen) atoms. The summed E-state index contributed by atoms with van der Waals surface area (Å²) in [5.41, 5.74) is 2.24. The Bertz CT molecular complexity index is 568. The first kappa shape index (κ1) is 11.1. The Morgan fingerprint density at radius 3 is 2.76 bits per heavy atom. The molecule has 5 nitrogen and oxygen atoms in total. The number of rotatable bonds is 3. The van der Waals surface area contributed by atoms with Crippen LogP contribution in [-0.4, -0.2) is 10.1 Å². The van der Waals surface area contributed by atoms with Crippen molar-refractivity contribution in [2.45, 2.75) is 20.4 Å². The molecule has 2 rings (SSSR count). The fourth-order valence-electron chi connectivity index (χ4n) is 1.50. The van der Waals surface area contributed by atoms with Gasteiger partial charge in [0, 0.05) is 11.8 Å². The Balaban J connectivity index is 2.09. The molecule has 2 aromatic heterocycles. The van der Waals surface area contributed by atoms with Gasteiger partial charge in [-0.05, 0) is 26.0 Å². The average molecular weight is 228 g/mol. The monoisotopic (exact) mass is 228 g/mol. The number of hydrogen-bond donors (Lipinski definition) is 1. The minimum Gasteiger partial charge on any atom is -0.363 e. The lowest BCUT2D eigenvalue weighted by atomic mass is 10.2. The maximum Gasteiger partial charge on any atom is 0.156 e. The number of aryl methyl sites for hydroxylation is 2. The highest BCUT2D eigenvalue weighted by Crippen LogP contribution is 2.11. The molecular weight excluding hydrogens is 216 g/mol. The van der Waals surface area contributed by atoms with Gasteiger partial charge in [0.05, 0.1) is 23.9 Å². The zero-order valence-electron chi connectivity index (χ0n) is 9.69. The van der Waals surface area contributed by atoms with Gasteiger partial charge in [-0.2, -0.15) is 5.26 Å². The molecule has 0 saturated carbocycles. The standard InChI is InChI=1S/C12H12N4O/c1-8-3-10(6-13)5-12(15-8)14-7-11-4-9(2)16-17-11/h3-5H,7H2,1-2H3,(H,14,15). The van der Waals surface area contributed by atoms with Gasteiger partial charge in [0.25, 0.3) is 0 Å². The molecule has 0 unspecified atom stereocenters. The molecular formula is C12H12N4O. The second kappa shape index (κ2) is 4.66. The van der Waals surface area contributed by atoms with Crippen molar-refractivity contribution in [3.63, 3.8) is 0 Å². The lowest BCUT2D eigenvalue weighted by Crippen LogP contribution is -2.01. The normalized spacial score (nSPS) is 9.94. The highest BCUT2D eigenvalue weighted by molar-refractivity contribution is 5.44. The van der Waals surface area contributed by atoms with Crippen molar-refractivity contribution < 1.29 is 4.52 Å². The summed E-state index contributed by atoms with van der Waals surface area (Å²) in [5.74, 6) is 1.40. The van der Waals surface area contributed by atoms with E-state index in [2.05, 4.69) is 21.5 Å². The van der Waals surface area contributed by atoms with Gasteiger partial charge in [-0.3, -0.25) is 0 Å². The predicted octanol–water partition coefficient (Wildman–Crippen LogP) is 2.17. The van der Waals surface area contributed by atoms with E-state index in [0.29, 0.717) is 17.9 Å². The Morgan fingerprint density at radius 2 is 2.12 bits per heavy atom. The molecule has 0 saturated heterocycles. The SMILES string of the molecule is Cc1cc(CNc2cc(C#N)cc(C)n2)on1. The third-order valence-corrected chi connectivity index (χ3v) is 2.20. The van der Waals surface area contributed by atoms with Gasteiger partial charge in [-0.25, -0.2) is 4.98 Å². The van der Waals surface area contributed by atoms with E-state index in [1.165, 1.54) is 0 Å². The first-order valence-electron chi connectivity index (χ1n) is 5.22. The molecule has 1 N–H and O–H groups in total. The van der Waals surface area contributed by atoms with Crippen LogP contribution >= 0.6 is 0 Å². The van der Waals surface area contributed by atoms with Crippen molar-refractivity contribution in [1.82, 2.24) is 10.1 Å². The summed E-state index contributed by atoms with van der Waals surface area (Å²) in [6.45, 7) is 4.22. The van der Waals surface area contributed by atoms with Gasteiger partial charge in [0.2, 0.25) is 0 Å². The third-order valence-electron chi connectivity index (χ3n) is 2.20. The zero-order valence-corrected chi connectivity index (χ0v) is 9.69. The fourth-order valence-corrected chi connectivity index (χ4v) is 1.50. The molecule has 5 heteroatoms. The van der Waals surface area contributed by atoms with E-state index in [0.717, 1.165) is 17.1 Å². The molecule has 0 aromatic carbocycles. The van der Waals surface area contributed by atoms with E-state index in [1.807, 2.05) is 19.9 Å².